The number of nitrogens with one attached hydrogen (secondary N) is 2. The third-order valence-electron chi connectivity index (χ3n) is 4.12. The highest BCUT2D eigenvalue weighted by Crippen LogP contribution is 2.20. The summed E-state index contributed by atoms with van der Waals surface area (Å²) in [6, 6.07) is 10.3. The highest BCUT2D eigenvalue weighted by molar-refractivity contribution is 6.60. The van der Waals surface area contributed by atoms with Crippen LogP contribution in [0.4, 0.5) is 5.69 Å². The molecule has 0 aliphatic heterocycles. The molecule has 0 spiro atoms. The maximum Gasteiger partial charge on any atom is 0.500 e. The SMILES string of the molecule is CCO[Si](CCCNCC(=O)Nc1cccc2cccnc12)(OCC)OCC. The summed E-state index contributed by atoms with van der Waals surface area (Å²) in [7, 11) is -2.61. The molecule has 2 rings (SSSR count). The van der Waals surface area contributed by atoms with Crippen LogP contribution >= 0.6 is 0 Å². The summed E-state index contributed by atoms with van der Waals surface area (Å²) >= 11 is 0. The molecule has 1 aromatic heterocycles. The number of carbonyl (C=O) groups is 1. The average Bonchev–Trinajstić information content (AvgIpc) is 2.69. The van der Waals surface area contributed by atoms with Crippen LogP contribution in [0.2, 0.25) is 6.04 Å². The van der Waals surface area contributed by atoms with Crippen LogP contribution in [0.15, 0.2) is 36.5 Å². The van der Waals surface area contributed by atoms with Crippen LogP contribution in [0, 0.1) is 0 Å². The second-order valence-electron chi connectivity index (χ2n) is 6.19. The standard InChI is InChI=1S/C20H31N3O4Si/c1-4-25-28(26-5-2,27-6-3)15-9-13-21-16-19(24)23-18-12-7-10-17-11-8-14-22-20(17)18/h7-8,10-12,14,21H,4-6,9,13,15-16H2,1-3H3,(H,23,24). The molecule has 1 aromatic carbocycles. The number of hydrogen-bond donors (Lipinski definition) is 2. The number of anilines is 1. The first kappa shape index (κ1) is 22.4. The van der Waals surface area contributed by atoms with Crippen molar-refractivity contribution in [3.63, 3.8) is 0 Å². The van der Waals surface area contributed by atoms with Crippen LogP contribution in [0.25, 0.3) is 10.9 Å². The topological polar surface area (TPSA) is 81.7 Å². The molecule has 0 saturated carbocycles. The lowest BCUT2D eigenvalue weighted by molar-refractivity contribution is -0.115. The zero-order valence-corrected chi connectivity index (χ0v) is 18.0. The third-order valence-corrected chi connectivity index (χ3v) is 7.27. The summed E-state index contributed by atoms with van der Waals surface area (Å²) in [5, 5.41) is 7.10. The molecule has 1 amide bonds. The Morgan fingerprint density at radius 2 is 1.71 bits per heavy atom. The molecule has 0 aliphatic carbocycles. The van der Waals surface area contributed by atoms with Crippen molar-refractivity contribution >= 4 is 31.3 Å². The number of nitrogens with zero attached hydrogens (tertiary/aromatic N) is 1. The van der Waals surface area contributed by atoms with Crippen LogP contribution in [-0.2, 0) is 18.1 Å². The fourth-order valence-electron chi connectivity index (χ4n) is 3.03. The third kappa shape index (κ3) is 6.64. The second-order valence-corrected chi connectivity index (χ2v) is 8.92. The number of pyridine rings is 1. The Hall–Kier alpha value is -1.84. The normalized spacial score (nSPS) is 11.7. The molecule has 28 heavy (non-hydrogen) atoms. The van der Waals surface area contributed by atoms with Crippen LogP contribution < -0.4 is 10.6 Å². The zero-order chi connectivity index (χ0) is 20.2. The van der Waals surface area contributed by atoms with E-state index in [1.54, 1.807) is 6.20 Å². The lowest BCUT2D eigenvalue weighted by Crippen LogP contribution is -2.46. The molecule has 0 radical (unpaired) electrons. The van der Waals surface area contributed by atoms with E-state index < -0.39 is 8.80 Å². The lowest BCUT2D eigenvalue weighted by Gasteiger charge is -2.28. The Balaban J connectivity index is 1.78. The van der Waals surface area contributed by atoms with Gasteiger partial charge in [0.05, 0.1) is 17.7 Å². The first-order chi connectivity index (χ1) is 13.6. The molecule has 2 aromatic rings. The molecular weight excluding hydrogens is 374 g/mol. The Kier molecular flexibility index (Phi) is 9.52. The molecule has 1 heterocycles. The number of para-hydroxylation sites is 1. The van der Waals surface area contributed by atoms with E-state index in [1.807, 2.05) is 51.1 Å². The van der Waals surface area contributed by atoms with E-state index in [9.17, 15) is 4.79 Å². The summed E-state index contributed by atoms with van der Waals surface area (Å²) in [5.74, 6) is -0.0962. The maximum atomic E-state index is 12.3. The quantitative estimate of drug-likeness (QED) is 0.393. The van der Waals surface area contributed by atoms with Gasteiger partial charge >= 0.3 is 8.80 Å². The van der Waals surface area contributed by atoms with E-state index in [0.717, 1.165) is 29.1 Å². The van der Waals surface area contributed by atoms with Crippen molar-refractivity contribution in [2.45, 2.75) is 33.2 Å². The van der Waals surface area contributed by atoms with E-state index in [1.165, 1.54) is 0 Å². The highest BCUT2D eigenvalue weighted by Gasteiger charge is 2.39. The number of aromatic nitrogens is 1. The summed E-state index contributed by atoms with van der Waals surface area (Å²) in [4.78, 5) is 16.6. The maximum absolute atomic E-state index is 12.3. The van der Waals surface area contributed by atoms with Crippen molar-refractivity contribution in [2.75, 3.05) is 38.2 Å². The second kappa shape index (κ2) is 11.9. The van der Waals surface area contributed by atoms with Crippen molar-refractivity contribution < 1.29 is 18.1 Å². The van der Waals surface area contributed by atoms with Crippen LogP contribution in [0.3, 0.4) is 0 Å². The van der Waals surface area contributed by atoms with Gasteiger partial charge in [-0.15, -0.1) is 0 Å². The van der Waals surface area contributed by atoms with E-state index in [2.05, 4.69) is 15.6 Å². The first-order valence-corrected chi connectivity index (χ1v) is 11.8. The number of benzene rings is 1. The minimum atomic E-state index is -2.61. The van der Waals surface area contributed by atoms with Gasteiger partial charge < -0.3 is 23.9 Å². The van der Waals surface area contributed by atoms with Gasteiger partial charge in [0, 0.05) is 37.4 Å². The number of amides is 1. The molecule has 154 valence electrons. The zero-order valence-electron chi connectivity index (χ0n) is 17.0. The average molecular weight is 406 g/mol. The minimum Gasteiger partial charge on any atom is -0.374 e. The van der Waals surface area contributed by atoms with Crippen molar-refractivity contribution in [1.82, 2.24) is 10.3 Å². The molecule has 2 N–H and O–H groups in total. The van der Waals surface area contributed by atoms with E-state index in [-0.39, 0.29) is 12.5 Å². The molecular formula is C20H31N3O4Si. The van der Waals surface area contributed by atoms with Crippen LogP contribution in [0.5, 0.6) is 0 Å². The lowest BCUT2D eigenvalue weighted by atomic mass is 10.2. The van der Waals surface area contributed by atoms with Gasteiger partial charge in [-0.1, -0.05) is 18.2 Å². The fraction of sp³-hybridized carbons (Fsp3) is 0.500. The van der Waals surface area contributed by atoms with Crippen molar-refractivity contribution in [3.05, 3.63) is 36.5 Å². The molecule has 0 unspecified atom stereocenters. The molecule has 0 bridgehead atoms. The predicted octanol–water partition coefficient (Wildman–Crippen LogP) is 3.20. The largest absolute Gasteiger partial charge is 0.500 e. The van der Waals surface area contributed by atoms with Gasteiger partial charge in [0.1, 0.15) is 0 Å². The monoisotopic (exact) mass is 405 g/mol. The summed E-state index contributed by atoms with van der Waals surface area (Å²) in [6.07, 6.45) is 2.54. The van der Waals surface area contributed by atoms with Crippen molar-refractivity contribution in [1.29, 1.82) is 0 Å². The number of fused-ring (bicyclic) bond motifs is 1. The van der Waals surface area contributed by atoms with Crippen molar-refractivity contribution in [2.24, 2.45) is 0 Å². The van der Waals surface area contributed by atoms with Crippen LogP contribution in [0.1, 0.15) is 27.2 Å². The minimum absolute atomic E-state index is 0.0962. The Bertz CT molecular complexity index is 722. The number of rotatable bonds is 13. The van der Waals surface area contributed by atoms with Gasteiger partial charge in [-0.25, -0.2) is 0 Å². The molecule has 0 saturated heterocycles. The predicted molar refractivity (Wildman–Crippen MR) is 113 cm³/mol. The van der Waals surface area contributed by atoms with Gasteiger partial charge in [-0.3, -0.25) is 9.78 Å². The Morgan fingerprint density at radius 1 is 1.04 bits per heavy atom. The molecule has 0 fully saturated rings. The van der Waals surface area contributed by atoms with Gasteiger partial charge in [0.2, 0.25) is 5.91 Å². The number of hydrogen-bond acceptors (Lipinski definition) is 6. The van der Waals surface area contributed by atoms with E-state index >= 15 is 0 Å². The molecule has 0 aliphatic rings. The van der Waals surface area contributed by atoms with Gasteiger partial charge in [0.25, 0.3) is 0 Å². The highest BCUT2D eigenvalue weighted by atomic mass is 28.4. The molecule has 0 atom stereocenters. The summed E-state index contributed by atoms with van der Waals surface area (Å²) in [6.45, 7) is 8.47. The van der Waals surface area contributed by atoms with Gasteiger partial charge in [-0.05, 0) is 45.9 Å². The van der Waals surface area contributed by atoms with Gasteiger partial charge in [0.15, 0.2) is 0 Å². The fourth-order valence-corrected chi connectivity index (χ4v) is 5.64. The van der Waals surface area contributed by atoms with E-state index in [0.29, 0.717) is 26.4 Å². The van der Waals surface area contributed by atoms with Crippen molar-refractivity contribution in [3.8, 4) is 0 Å². The Morgan fingerprint density at radius 3 is 2.39 bits per heavy atom. The smallest absolute Gasteiger partial charge is 0.374 e. The Labute approximate surface area is 168 Å². The summed E-state index contributed by atoms with van der Waals surface area (Å²) in [5.41, 5.74) is 1.51. The summed E-state index contributed by atoms with van der Waals surface area (Å²) < 4.78 is 17.5. The number of carbonyl (C=O) groups excluding carboxylic acids is 1. The van der Waals surface area contributed by atoms with Crippen LogP contribution in [-0.4, -0.2) is 52.6 Å². The van der Waals surface area contributed by atoms with Gasteiger partial charge in [-0.2, -0.15) is 0 Å². The molecule has 7 nitrogen and oxygen atoms in total. The molecule has 8 heteroatoms. The van der Waals surface area contributed by atoms with E-state index in [4.69, 9.17) is 13.3 Å². The first-order valence-electron chi connectivity index (χ1n) is 9.90.